The summed E-state index contributed by atoms with van der Waals surface area (Å²) >= 11 is 1.03. The van der Waals surface area contributed by atoms with E-state index in [0.717, 1.165) is 47.0 Å². The number of rotatable bonds is 5. The molecule has 0 bridgehead atoms. The van der Waals surface area contributed by atoms with Crippen LogP contribution >= 0.6 is 11.8 Å². The van der Waals surface area contributed by atoms with E-state index >= 15 is 0 Å². The lowest BCUT2D eigenvalue weighted by molar-refractivity contribution is -0.123. The van der Waals surface area contributed by atoms with Crippen LogP contribution in [0.25, 0.3) is 11.6 Å². The van der Waals surface area contributed by atoms with Gasteiger partial charge in [-0.05, 0) is 93.3 Å². The quantitative estimate of drug-likeness (QED) is 0.453. The van der Waals surface area contributed by atoms with Gasteiger partial charge in [0.1, 0.15) is 0 Å². The van der Waals surface area contributed by atoms with Crippen LogP contribution < -0.4 is 4.90 Å². The van der Waals surface area contributed by atoms with Gasteiger partial charge in [-0.3, -0.25) is 14.5 Å². The minimum Gasteiger partial charge on any atom is -0.362 e. The van der Waals surface area contributed by atoms with Gasteiger partial charge in [-0.2, -0.15) is 0 Å². The molecule has 2 heterocycles. The van der Waals surface area contributed by atoms with E-state index < -0.39 is 0 Å². The number of carbonyl (C=O) groups is 2. The van der Waals surface area contributed by atoms with Crippen LogP contribution in [0.3, 0.4) is 0 Å². The second-order valence-electron chi connectivity index (χ2n) is 9.62. The summed E-state index contributed by atoms with van der Waals surface area (Å²) in [6, 6.07) is 12.3. The molecule has 2 amide bonds. The fourth-order valence-electron chi connectivity index (χ4n) is 4.80. The van der Waals surface area contributed by atoms with Crippen molar-refractivity contribution in [3.63, 3.8) is 0 Å². The molecule has 0 atom stereocenters. The number of aryl methyl sites for hydroxylation is 2. The van der Waals surface area contributed by atoms with E-state index in [1.54, 1.807) is 0 Å². The summed E-state index contributed by atoms with van der Waals surface area (Å²) < 4.78 is 0. The van der Waals surface area contributed by atoms with Crippen molar-refractivity contribution in [3.05, 3.63) is 75.2 Å². The van der Waals surface area contributed by atoms with Crippen molar-refractivity contribution in [1.29, 1.82) is 0 Å². The summed E-state index contributed by atoms with van der Waals surface area (Å²) in [6.45, 7) is 14.2. The summed E-state index contributed by atoms with van der Waals surface area (Å²) in [5.41, 5.74) is 7.79. The Kier molecular flexibility index (Phi) is 6.28. The fraction of sp³-hybridized carbons (Fsp3) is 0.357. The van der Waals surface area contributed by atoms with E-state index in [-0.39, 0.29) is 16.7 Å². The number of benzene rings is 2. The highest BCUT2D eigenvalue weighted by Gasteiger charge is 2.35. The molecule has 5 heteroatoms. The number of allylic oxidation sites excluding steroid dienone is 1. The zero-order valence-corrected chi connectivity index (χ0v) is 21.2. The van der Waals surface area contributed by atoms with Crippen molar-refractivity contribution < 1.29 is 9.59 Å². The highest BCUT2D eigenvalue weighted by molar-refractivity contribution is 8.18. The van der Waals surface area contributed by atoms with E-state index in [4.69, 9.17) is 0 Å². The van der Waals surface area contributed by atoms with Gasteiger partial charge < -0.3 is 4.90 Å². The van der Waals surface area contributed by atoms with Gasteiger partial charge in [-0.1, -0.05) is 42.8 Å². The first kappa shape index (κ1) is 23.4. The first-order valence-corrected chi connectivity index (χ1v) is 12.4. The molecule has 2 aliphatic rings. The van der Waals surface area contributed by atoms with Gasteiger partial charge in [-0.25, -0.2) is 0 Å². The van der Waals surface area contributed by atoms with E-state index in [0.29, 0.717) is 11.4 Å². The molecule has 1 saturated heterocycles. The second kappa shape index (κ2) is 8.86. The monoisotopic (exact) mass is 460 g/mol. The van der Waals surface area contributed by atoms with E-state index in [1.807, 2.05) is 37.3 Å². The van der Waals surface area contributed by atoms with Crippen LogP contribution in [0.5, 0.6) is 0 Å². The first-order valence-electron chi connectivity index (χ1n) is 11.5. The van der Waals surface area contributed by atoms with Crippen LogP contribution in [-0.4, -0.2) is 28.1 Å². The normalized spacial score (nSPS) is 18.7. The summed E-state index contributed by atoms with van der Waals surface area (Å²) in [5.74, 6) is -0.218. The molecule has 0 radical (unpaired) electrons. The lowest BCUT2D eigenvalue weighted by Gasteiger charge is -2.43. The number of amides is 2. The predicted molar refractivity (Wildman–Crippen MR) is 139 cm³/mol. The summed E-state index contributed by atoms with van der Waals surface area (Å²) in [5, 5.41) is -0.213. The van der Waals surface area contributed by atoms with Gasteiger partial charge in [0.25, 0.3) is 11.1 Å². The Morgan fingerprint density at radius 1 is 1.06 bits per heavy atom. The SMILES string of the molecule is CCCN1c2cc(C)c(/C=C3/SC(=O)N(Cc4cccc(C)c4)C3=O)cc2C(C)=CC1(C)C. The van der Waals surface area contributed by atoms with Crippen LogP contribution in [0.4, 0.5) is 10.5 Å². The number of anilines is 1. The van der Waals surface area contributed by atoms with Gasteiger partial charge in [0.05, 0.1) is 17.0 Å². The molecule has 2 aromatic rings. The van der Waals surface area contributed by atoms with Crippen LogP contribution in [0.1, 0.15) is 61.9 Å². The van der Waals surface area contributed by atoms with Crippen LogP contribution in [0.2, 0.25) is 0 Å². The molecule has 172 valence electrons. The predicted octanol–water partition coefficient (Wildman–Crippen LogP) is 6.95. The Morgan fingerprint density at radius 3 is 2.52 bits per heavy atom. The maximum atomic E-state index is 13.1. The van der Waals surface area contributed by atoms with Crippen molar-refractivity contribution in [2.45, 2.75) is 60.0 Å². The summed E-state index contributed by atoms with van der Waals surface area (Å²) in [6.07, 6.45) is 5.28. The molecule has 0 aromatic heterocycles. The van der Waals surface area contributed by atoms with Gasteiger partial charge in [0.15, 0.2) is 0 Å². The van der Waals surface area contributed by atoms with Gasteiger partial charge >= 0.3 is 0 Å². The molecular formula is C28H32N2O2S. The Hall–Kier alpha value is -2.79. The molecule has 0 unspecified atom stereocenters. The largest absolute Gasteiger partial charge is 0.362 e. The van der Waals surface area contributed by atoms with Gasteiger partial charge in [0.2, 0.25) is 0 Å². The van der Waals surface area contributed by atoms with Crippen LogP contribution in [-0.2, 0) is 11.3 Å². The molecule has 1 fully saturated rings. The molecule has 33 heavy (non-hydrogen) atoms. The number of imide groups is 1. The van der Waals surface area contributed by atoms with Crippen molar-refractivity contribution in [3.8, 4) is 0 Å². The summed E-state index contributed by atoms with van der Waals surface area (Å²) in [7, 11) is 0. The number of carbonyl (C=O) groups excluding carboxylic acids is 2. The highest BCUT2D eigenvalue weighted by Crippen LogP contribution is 2.41. The van der Waals surface area contributed by atoms with Crippen molar-refractivity contribution in [1.82, 2.24) is 4.90 Å². The Labute approximate surface area is 201 Å². The average Bonchev–Trinajstić information content (AvgIpc) is 2.99. The number of hydrogen-bond donors (Lipinski definition) is 0. The van der Waals surface area contributed by atoms with Crippen molar-refractivity contribution >= 4 is 40.2 Å². The Balaban J connectivity index is 1.67. The zero-order chi connectivity index (χ0) is 23.9. The number of fused-ring (bicyclic) bond motifs is 1. The average molecular weight is 461 g/mol. The number of thioether (sulfide) groups is 1. The Morgan fingerprint density at radius 2 is 1.82 bits per heavy atom. The molecule has 0 saturated carbocycles. The maximum Gasteiger partial charge on any atom is 0.293 e. The number of hydrogen-bond acceptors (Lipinski definition) is 4. The van der Waals surface area contributed by atoms with E-state index in [9.17, 15) is 9.59 Å². The standard InChI is InChI=1S/C28H32N2O2S/c1-7-11-30-24-13-19(3)22(14-23(24)20(4)16-28(30,5)6)15-25-26(31)29(27(32)33-25)17-21-10-8-9-18(2)12-21/h8-10,12-16H,7,11,17H2,1-6H3/b25-15+. The van der Waals surface area contributed by atoms with Crippen molar-refractivity contribution in [2.24, 2.45) is 0 Å². The molecule has 2 aliphatic heterocycles. The van der Waals surface area contributed by atoms with Crippen molar-refractivity contribution in [2.75, 3.05) is 11.4 Å². The zero-order valence-electron chi connectivity index (χ0n) is 20.4. The van der Waals surface area contributed by atoms with Gasteiger partial charge in [0, 0.05) is 17.8 Å². The number of nitrogens with zero attached hydrogens (tertiary/aromatic N) is 2. The lowest BCUT2D eigenvalue weighted by Crippen LogP contribution is -2.45. The Bertz CT molecular complexity index is 1190. The lowest BCUT2D eigenvalue weighted by atomic mass is 9.86. The second-order valence-corrected chi connectivity index (χ2v) is 10.6. The van der Waals surface area contributed by atoms with E-state index in [1.165, 1.54) is 21.7 Å². The minimum atomic E-state index is -0.218. The minimum absolute atomic E-state index is 0.0422. The molecule has 0 spiro atoms. The van der Waals surface area contributed by atoms with E-state index in [2.05, 4.69) is 57.7 Å². The smallest absolute Gasteiger partial charge is 0.293 e. The maximum absolute atomic E-state index is 13.1. The molecule has 4 rings (SSSR count). The van der Waals surface area contributed by atoms with Crippen LogP contribution in [0.15, 0.2) is 47.4 Å². The summed E-state index contributed by atoms with van der Waals surface area (Å²) in [4.78, 5) is 30.0. The third-order valence-electron chi connectivity index (χ3n) is 6.40. The molecule has 2 aromatic carbocycles. The first-order chi connectivity index (χ1) is 15.6. The van der Waals surface area contributed by atoms with Crippen LogP contribution in [0, 0.1) is 13.8 Å². The molecule has 4 nitrogen and oxygen atoms in total. The third-order valence-corrected chi connectivity index (χ3v) is 7.30. The highest BCUT2D eigenvalue weighted by atomic mass is 32.2. The fourth-order valence-corrected chi connectivity index (χ4v) is 5.63. The van der Waals surface area contributed by atoms with Gasteiger partial charge in [-0.15, -0.1) is 0 Å². The molecule has 0 N–H and O–H groups in total. The topological polar surface area (TPSA) is 40.6 Å². The molecular weight excluding hydrogens is 428 g/mol. The third kappa shape index (κ3) is 4.51. The molecule has 0 aliphatic carbocycles.